The summed E-state index contributed by atoms with van der Waals surface area (Å²) < 4.78 is 12.5. The van der Waals surface area contributed by atoms with Crippen LogP contribution in [0.2, 0.25) is 0 Å². The standard InChI is InChI=1S/C19H25N3O3/c1-20-11-12-22(18(20)23)15-5-6-16-17(13-15)25-19(24-16)7-9-21(10-8-19)14-3-2-4-14/h5-6,13-14H,2-4,7-12H2,1H3. The normalized spacial score (nSPS) is 25.7. The van der Waals surface area contributed by atoms with E-state index < -0.39 is 5.79 Å². The van der Waals surface area contributed by atoms with Crippen LogP contribution in [0.25, 0.3) is 0 Å². The maximum Gasteiger partial charge on any atom is 0.324 e. The second-order valence-corrected chi connectivity index (χ2v) is 7.72. The summed E-state index contributed by atoms with van der Waals surface area (Å²) in [5.41, 5.74) is 0.889. The van der Waals surface area contributed by atoms with Crippen molar-refractivity contribution in [1.29, 1.82) is 0 Å². The van der Waals surface area contributed by atoms with Gasteiger partial charge in [0.25, 0.3) is 5.79 Å². The van der Waals surface area contributed by atoms with Crippen LogP contribution in [-0.2, 0) is 0 Å². The van der Waals surface area contributed by atoms with Gasteiger partial charge in [0, 0.05) is 63.9 Å². The van der Waals surface area contributed by atoms with Gasteiger partial charge in [0.05, 0.1) is 0 Å². The quantitative estimate of drug-likeness (QED) is 0.828. The van der Waals surface area contributed by atoms with E-state index in [2.05, 4.69) is 4.90 Å². The van der Waals surface area contributed by atoms with Crippen molar-refractivity contribution in [2.24, 2.45) is 0 Å². The zero-order valence-electron chi connectivity index (χ0n) is 14.7. The van der Waals surface area contributed by atoms with Crippen molar-refractivity contribution in [1.82, 2.24) is 9.80 Å². The van der Waals surface area contributed by atoms with Crippen molar-refractivity contribution in [3.63, 3.8) is 0 Å². The van der Waals surface area contributed by atoms with Crippen molar-refractivity contribution in [3.8, 4) is 11.5 Å². The summed E-state index contributed by atoms with van der Waals surface area (Å²) in [4.78, 5) is 18.3. The number of urea groups is 1. The van der Waals surface area contributed by atoms with Crippen LogP contribution in [0, 0.1) is 0 Å². The molecule has 1 saturated carbocycles. The predicted octanol–water partition coefficient (Wildman–Crippen LogP) is 2.67. The third-order valence-electron chi connectivity index (χ3n) is 6.20. The largest absolute Gasteiger partial charge is 0.448 e. The van der Waals surface area contributed by atoms with Crippen molar-refractivity contribution in [2.75, 3.05) is 38.1 Å². The molecule has 0 unspecified atom stereocenters. The molecule has 4 aliphatic rings. The Labute approximate surface area is 148 Å². The summed E-state index contributed by atoms with van der Waals surface area (Å²) in [6, 6.07) is 6.69. The number of hydrogen-bond acceptors (Lipinski definition) is 4. The van der Waals surface area contributed by atoms with Crippen molar-refractivity contribution in [2.45, 2.75) is 43.9 Å². The molecule has 0 bridgehead atoms. The molecule has 2 amide bonds. The van der Waals surface area contributed by atoms with Crippen molar-refractivity contribution < 1.29 is 14.3 Å². The van der Waals surface area contributed by atoms with Gasteiger partial charge in [0.1, 0.15) is 0 Å². The molecule has 0 N–H and O–H groups in total. The molecule has 1 aliphatic carbocycles. The van der Waals surface area contributed by atoms with Crippen molar-refractivity contribution in [3.05, 3.63) is 18.2 Å². The highest BCUT2D eigenvalue weighted by Crippen LogP contribution is 2.46. The molecule has 0 aromatic heterocycles. The molecule has 3 aliphatic heterocycles. The maximum atomic E-state index is 12.2. The molecule has 6 heteroatoms. The number of carbonyl (C=O) groups is 1. The lowest BCUT2D eigenvalue weighted by molar-refractivity contribution is -0.126. The van der Waals surface area contributed by atoms with Crippen LogP contribution in [-0.4, -0.2) is 60.9 Å². The number of nitrogens with zero attached hydrogens (tertiary/aromatic N) is 3. The van der Waals surface area contributed by atoms with E-state index in [-0.39, 0.29) is 6.03 Å². The number of amides is 2. The van der Waals surface area contributed by atoms with Crippen LogP contribution in [0.15, 0.2) is 18.2 Å². The Kier molecular flexibility index (Phi) is 3.39. The van der Waals surface area contributed by atoms with Crippen LogP contribution in [0.3, 0.4) is 0 Å². The highest BCUT2D eigenvalue weighted by atomic mass is 16.7. The fourth-order valence-corrected chi connectivity index (χ4v) is 4.32. The Hall–Kier alpha value is -1.95. The molecule has 3 heterocycles. The molecule has 0 atom stereocenters. The molecule has 134 valence electrons. The number of likely N-dealkylation sites (tertiary alicyclic amines) is 1. The first kappa shape index (κ1) is 15.3. The van der Waals surface area contributed by atoms with Gasteiger partial charge in [0.15, 0.2) is 11.5 Å². The van der Waals surface area contributed by atoms with Crippen molar-refractivity contribution >= 4 is 11.7 Å². The Morgan fingerprint density at radius 2 is 1.80 bits per heavy atom. The molecule has 5 rings (SSSR count). The molecular weight excluding hydrogens is 318 g/mol. The van der Waals surface area contributed by atoms with Crippen LogP contribution in [0.1, 0.15) is 32.1 Å². The van der Waals surface area contributed by atoms with Crippen LogP contribution in [0.5, 0.6) is 11.5 Å². The number of likely N-dealkylation sites (N-methyl/N-ethyl adjacent to an activating group) is 1. The Morgan fingerprint density at radius 3 is 2.44 bits per heavy atom. The van der Waals surface area contributed by atoms with Crippen LogP contribution >= 0.6 is 0 Å². The van der Waals surface area contributed by atoms with Gasteiger partial charge in [0.2, 0.25) is 0 Å². The van der Waals surface area contributed by atoms with E-state index in [1.807, 2.05) is 25.2 Å². The first-order chi connectivity index (χ1) is 12.1. The minimum absolute atomic E-state index is 0.0439. The number of ether oxygens (including phenoxy) is 2. The Bertz CT molecular complexity index is 695. The van der Waals surface area contributed by atoms with Gasteiger partial charge in [-0.1, -0.05) is 6.42 Å². The number of anilines is 1. The monoisotopic (exact) mass is 343 g/mol. The average molecular weight is 343 g/mol. The summed E-state index contributed by atoms with van der Waals surface area (Å²) in [7, 11) is 1.83. The fraction of sp³-hybridized carbons (Fsp3) is 0.632. The van der Waals surface area contributed by atoms with Gasteiger partial charge >= 0.3 is 6.03 Å². The summed E-state index contributed by atoms with van der Waals surface area (Å²) in [5, 5.41) is 0. The lowest BCUT2D eigenvalue weighted by Crippen LogP contribution is -2.53. The molecular formula is C19H25N3O3. The first-order valence-electron chi connectivity index (χ1n) is 9.42. The third-order valence-corrected chi connectivity index (χ3v) is 6.20. The lowest BCUT2D eigenvalue weighted by Gasteiger charge is -2.44. The molecule has 1 aromatic carbocycles. The highest BCUT2D eigenvalue weighted by molar-refractivity contribution is 5.94. The average Bonchev–Trinajstić information content (AvgIpc) is 3.08. The van der Waals surface area contributed by atoms with E-state index in [4.69, 9.17) is 9.47 Å². The number of piperidine rings is 1. The summed E-state index contributed by atoms with van der Waals surface area (Å²) in [5.74, 6) is 1.07. The molecule has 1 spiro atoms. The molecule has 0 radical (unpaired) electrons. The second-order valence-electron chi connectivity index (χ2n) is 7.72. The highest BCUT2D eigenvalue weighted by Gasteiger charge is 2.46. The minimum atomic E-state index is -0.507. The number of hydrogen-bond donors (Lipinski definition) is 0. The zero-order valence-corrected chi connectivity index (χ0v) is 14.7. The van der Waals surface area contributed by atoms with E-state index in [1.165, 1.54) is 19.3 Å². The summed E-state index contributed by atoms with van der Waals surface area (Å²) >= 11 is 0. The van der Waals surface area contributed by atoms with E-state index in [0.717, 1.165) is 62.2 Å². The number of fused-ring (bicyclic) bond motifs is 1. The Morgan fingerprint density at radius 1 is 1.04 bits per heavy atom. The van der Waals surface area contributed by atoms with E-state index in [0.29, 0.717) is 0 Å². The molecule has 3 fully saturated rings. The third kappa shape index (κ3) is 2.46. The van der Waals surface area contributed by atoms with Gasteiger partial charge in [-0.15, -0.1) is 0 Å². The second kappa shape index (κ2) is 5.53. The van der Waals surface area contributed by atoms with Gasteiger partial charge < -0.3 is 14.4 Å². The predicted molar refractivity (Wildman–Crippen MR) is 94.2 cm³/mol. The van der Waals surface area contributed by atoms with Gasteiger partial charge in [-0.25, -0.2) is 4.79 Å². The van der Waals surface area contributed by atoms with Crippen LogP contribution in [0.4, 0.5) is 10.5 Å². The van der Waals surface area contributed by atoms with Crippen LogP contribution < -0.4 is 14.4 Å². The SMILES string of the molecule is CN1CCN(c2ccc3c(c2)OC2(CCN(C4CCC4)CC2)O3)C1=O. The molecule has 2 saturated heterocycles. The first-order valence-corrected chi connectivity index (χ1v) is 9.42. The number of rotatable bonds is 2. The summed E-state index contributed by atoms with van der Waals surface area (Å²) in [6.07, 6.45) is 5.86. The topological polar surface area (TPSA) is 45.2 Å². The summed E-state index contributed by atoms with van der Waals surface area (Å²) in [6.45, 7) is 3.56. The van der Waals surface area contributed by atoms with E-state index in [9.17, 15) is 4.79 Å². The van der Waals surface area contributed by atoms with Gasteiger partial charge in [-0.2, -0.15) is 0 Å². The van der Waals surface area contributed by atoms with E-state index in [1.54, 1.807) is 9.80 Å². The fourth-order valence-electron chi connectivity index (χ4n) is 4.32. The maximum absolute atomic E-state index is 12.2. The smallest absolute Gasteiger partial charge is 0.324 e. The van der Waals surface area contributed by atoms with E-state index >= 15 is 0 Å². The number of carbonyl (C=O) groups excluding carboxylic acids is 1. The molecule has 1 aromatic rings. The zero-order chi connectivity index (χ0) is 17.0. The lowest BCUT2D eigenvalue weighted by atomic mass is 9.89. The Balaban J connectivity index is 1.30. The van der Waals surface area contributed by atoms with Gasteiger partial charge in [-0.05, 0) is 25.0 Å². The number of benzene rings is 1. The molecule has 6 nitrogen and oxygen atoms in total. The van der Waals surface area contributed by atoms with Gasteiger partial charge in [-0.3, -0.25) is 9.80 Å². The molecule has 25 heavy (non-hydrogen) atoms. The minimum Gasteiger partial charge on any atom is -0.448 e.